The number of aliphatic hydroxyl groups is 1. The van der Waals surface area contributed by atoms with Crippen LogP contribution < -0.4 is 0 Å². The molecular weight excluding hydrogens is 668 g/mol. The second-order valence-electron chi connectivity index (χ2n) is 8.43. The topological polar surface area (TPSA) is 63.1 Å². The number of allylic oxidation sites excluding steroid dienone is 2. The molecule has 2 aromatic heterocycles. The van der Waals surface area contributed by atoms with E-state index in [1.54, 1.807) is 6.20 Å². The van der Waals surface area contributed by atoms with E-state index in [0.717, 1.165) is 52.5 Å². The number of thiazole rings is 1. The van der Waals surface area contributed by atoms with E-state index >= 15 is 0 Å². The van der Waals surface area contributed by atoms with Gasteiger partial charge in [0.2, 0.25) is 0 Å². The van der Waals surface area contributed by atoms with Crippen molar-refractivity contribution in [1.29, 1.82) is 0 Å². The summed E-state index contributed by atoms with van der Waals surface area (Å²) in [6.45, 7) is 8.07. The quantitative estimate of drug-likeness (QED) is 0.113. The van der Waals surface area contributed by atoms with Gasteiger partial charge in [0.15, 0.2) is 10.3 Å². The molecule has 4 nitrogen and oxygen atoms in total. The molecule has 2 heterocycles. The van der Waals surface area contributed by atoms with Gasteiger partial charge in [-0.3, -0.25) is 9.78 Å². The number of aliphatic hydroxyl groups excluding tert-OH is 1. The van der Waals surface area contributed by atoms with E-state index in [-0.39, 0.29) is 43.5 Å². The first-order valence-electron chi connectivity index (χ1n) is 12.2. The van der Waals surface area contributed by atoms with Crippen molar-refractivity contribution in [3.8, 4) is 11.3 Å². The molecule has 1 radical (unpaired) electrons. The molecule has 0 saturated heterocycles. The van der Waals surface area contributed by atoms with Crippen LogP contribution >= 0.6 is 22.9 Å². The Morgan fingerprint density at radius 1 is 1.03 bits per heavy atom. The van der Waals surface area contributed by atoms with Gasteiger partial charge in [-0.15, -0.1) is 41.0 Å². The Labute approximate surface area is 236 Å². The number of pyridine rings is 1. The first-order valence-corrected chi connectivity index (χ1v) is 13.4. The molecular formula is C29H32ClIrN2O2S-. The Bertz CT molecular complexity index is 1310. The van der Waals surface area contributed by atoms with Crippen molar-refractivity contribution in [3.63, 3.8) is 0 Å². The fourth-order valence-corrected chi connectivity index (χ4v) is 5.17. The van der Waals surface area contributed by atoms with Crippen molar-refractivity contribution in [2.45, 2.75) is 53.4 Å². The maximum absolute atomic E-state index is 11.7. The Balaban J connectivity index is 0.000000260. The molecule has 193 valence electrons. The zero-order chi connectivity index (χ0) is 25.4. The van der Waals surface area contributed by atoms with E-state index in [1.807, 2.05) is 52.0 Å². The molecule has 1 N–H and O–H groups in total. The van der Waals surface area contributed by atoms with Crippen LogP contribution in [0.3, 0.4) is 0 Å². The van der Waals surface area contributed by atoms with Gasteiger partial charge in [0.25, 0.3) is 0 Å². The number of hydrogen-bond acceptors (Lipinski definition) is 5. The number of halogens is 1. The van der Waals surface area contributed by atoms with Gasteiger partial charge in [-0.05, 0) is 31.7 Å². The predicted octanol–water partition coefficient (Wildman–Crippen LogP) is 8.83. The molecule has 0 aliphatic carbocycles. The predicted molar refractivity (Wildman–Crippen MR) is 148 cm³/mol. The summed E-state index contributed by atoms with van der Waals surface area (Å²) in [4.78, 5) is 20.5. The maximum atomic E-state index is 11.7. The number of benzene rings is 2. The molecule has 0 aliphatic heterocycles. The smallest absolute Gasteiger partial charge is 0.184 e. The zero-order valence-electron chi connectivity index (χ0n) is 21.0. The Morgan fingerprint density at radius 3 is 2.36 bits per heavy atom. The van der Waals surface area contributed by atoms with Crippen molar-refractivity contribution in [2.75, 3.05) is 0 Å². The summed E-state index contributed by atoms with van der Waals surface area (Å²) < 4.78 is 1.54. The first kappa shape index (κ1) is 30.1. The van der Waals surface area contributed by atoms with Gasteiger partial charge in [-0.25, -0.2) is 4.98 Å². The number of nitrogens with zero attached hydrogens (tertiary/aromatic N) is 2. The SMILES string of the molecule is CCC(CC)C(=O)/C=C(\O)C(CC)CC.Clc1nc2ccnc(-c3[c-]c4ccccc4cc3)c2s1.[Ir]. The van der Waals surface area contributed by atoms with Crippen LogP contribution in [0.15, 0.2) is 60.5 Å². The fourth-order valence-electron chi connectivity index (χ4n) is 4.05. The van der Waals surface area contributed by atoms with Crippen LogP contribution in [0, 0.1) is 17.9 Å². The molecule has 0 bridgehead atoms. The molecule has 36 heavy (non-hydrogen) atoms. The molecule has 0 unspecified atom stereocenters. The Morgan fingerprint density at radius 2 is 1.69 bits per heavy atom. The minimum Gasteiger partial charge on any atom is -0.512 e. The molecule has 0 fully saturated rings. The Kier molecular flexibility index (Phi) is 12.2. The fraction of sp³-hybridized carbons (Fsp3) is 0.345. The maximum Gasteiger partial charge on any atom is 0.184 e. The summed E-state index contributed by atoms with van der Waals surface area (Å²) in [5, 5.41) is 12.0. The monoisotopic (exact) mass is 700 g/mol. The second-order valence-corrected chi connectivity index (χ2v) is 10.0. The van der Waals surface area contributed by atoms with Crippen molar-refractivity contribution < 1.29 is 30.0 Å². The molecule has 4 rings (SSSR count). The van der Waals surface area contributed by atoms with E-state index in [0.29, 0.717) is 4.47 Å². The molecule has 4 aromatic rings. The third-order valence-corrected chi connectivity index (χ3v) is 7.46. The summed E-state index contributed by atoms with van der Waals surface area (Å²) >= 11 is 7.46. The minimum atomic E-state index is 0. The van der Waals surface area contributed by atoms with E-state index < -0.39 is 0 Å². The summed E-state index contributed by atoms with van der Waals surface area (Å²) in [7, 11) is 0. The normalized spacial score (nSPS) is 11.5. The number of carbonyl (C=O) groups excluding carboxylic acids is 1. The number of hydrogen-bond donors (Lipinski definition) is 1. The van der Waals surface area contributed by atoms with Crippen LogP contribution in [0.2, 0.25) is 4.47 Å². The van der Waals surface area contributed by atoms with E-state index in [4.69, 9.17) is 11.6 Å². The third-order valence-electron chi connectivity index (χ3n) is 6.28. The van der Waals surface area contributed by atoms with Crippen LogP contribution in [-0.2, 0) is 24.9 Å². The van der Waals surface area contributed by atoms with Gasteiger partial charge < -0.3 is 5.11 Å². The average molecular weight is 700 g/mol. The van der Waals surface area contributed by atoms with E-state index in [9.17, 15) is 9.90 Å². The summed E-state index contributed by atoms with van der Waals surface area (Å²) in [6, 6.07) is 17.6. The molecule has 2 aromatic carbocycles. The molecule has 0 spiro atoms. The number of aromatic nitrogens is 2. The van der Waals surface area contributed by atoms with Gasteiger partial charge in [0.1, 0.15) is 0 Å². The summed E-state index contributed by atoms with van der Waals surface area (Å²) in [6.07, 6.45) is 6.67. The summed E-state index contributed by atoms with van der Waals surface area (Å²) in [5.74, 6) is 0.547. The van der Waals surface area contributed by atoms with Gasteiger partial charge in [-0.2, -0.15) is 0 Å². The van der Waals surface area contributed by atoms with Gasteiger partial charge in [0, 0.05) is 54.6 Å². The van der Waals surface area contributed by atoms with Crippen molar-refractivity contribution >= 4 is 49.7 Å². The van der Waals surface area contributed by atoms with Crippen molar-refractivity contribution in [2.24, 2.45) is 11.8 Å². The third kappa shape index (κ3) is 7.45. The number of fused-ring (bicyclic) bond motifs is 2. The molecule has 7 heteroatoms. The number of ketones is 1. The average Bonchev–Trinajstić information content (AvgIpc) is 3.26. The van der Waals surface area contributed by atoms with Gasteiger partial charge >= 0.3 is 0 Å². The van der Waals surface area contributed by atoms with Crippen molar-refractivity contribution in [1.82, 2.24) is 9.97 Å². The van der Waals surface area contributed by atoms with Crippen LogP contribution in [-0.4, -0.2) is 20.9 Å². The molecule has 0 aliphatic rings. The number of rotatable bonds is 8. The number of carbonyl (C=O) groups is 1. The standard InChI is InChI=1S/C16H8ClN2S.C13H24O2.Ir/c17-16-19-13-7-8-18-14(15(13)20-16)12-6-5-10-3-1-2-4-11(10)9-12;1-5-10(6-2)12(14)9-13(15)11(7-3)8-4;/h1-8H;9-11,14H,5-8H2,1-4H3;/q-1;;/b;12-9-;. The molecule has 0 saturated carbocycles. The second kappa shape index (κ2) is 14.6. The van der Waals surface area contributed by atoms with E-state index in [2.05, 4.69) is 34.2 Å². The van der Waals surface area contributed by atoms with Crippen molar-refractivity contribution in [3.05, 3.63) is 71.0 Å². The molecule has 0 amide bonds. The Hall–Kier alpha value is -2.11. The van der Waals surface area contributed by atoms with Crippen LogP contribution in [0.1, 0.15) is 53.4 Å². The van der Waals surface area contributed by atoms with Gasteiger partial charge in [0.05, 0.1) is 11.3 Å². The first-order chi connectivity index (χ1) is 16.9. The van der Waals surface area contributed by atoms with Crippen LogP contribution in [0.25, 0.3) is 32.2 Å². The zero-order valence-corrected chi connectivity index (χ0v) is 25.0. The van der Waals surface area contributed by atoms with Crippen LogP contribution in [0.5, 0.6) is 0 Å². The minimum absolute atomic E-state index is 0. The van der Waals surface area contributed by atoms with E-state index in [1.165, 1.54) is 22.8 Å². The van der Waals surface area contributed by atoms with Gasteiger partial charge in [-0.1, -0.05) is 68.4 Å². The summed E-state index contributed by atoms with van der Waals surface area (Å²) in [5.41, 5.74) is 2.74. The van der Waals surface area contributed by atoms with Crippen LogP contribution in [0.4, 0.5) is 0 Å². The molecule has 0 atom stereocenters. The largest absolute Gasteiger partial charge is 0.512 e.